The zero-order valence-electron chi connectivity index (χ0n) is 33.8. The second-order valence-electron chi connectivity index (χ2n) is 16.0. The molecule has 310 valence electrons. The highest BCUT2D eigenvalue weighted by molar-refractivity contribution is 6.01. The Bertz CT molecular complexity index is 2330. The summed E-state index contributed by atoms with van der Waals surface area (Å²) >= 11 is 0. The van der Waals surface area contributed by atoms with Crippen LogP contribution in [0.5, 0.6) is 0 Å². The SMILES string of the molecule is CN[C@@H](C(=O)N1CCC[C@H]1C(=O)Nc1ccc2[nH]c(-c3ccc(NC(=O)[C@@H]4CCCN4C(=O)[C@H](NC(=O)NC4CCCC4)c4ccccc4)cc3)cc2c1)c1ccccc1. The van der Waals surface area contributed by atoms with Crippen molar-refractivity contribution in [1.29, 1.82) is 0 Å². The summed E-state index contributed by atoms with van der Waals surface area (Å²) in [5.74, 6) is -0.917. The molecule has 1 saturated carbocycles. The summed E-state index contributed by atoms with van der Waals surface area (Å²) in [5, 5.41) is 16.0. The van der Waals surface area contributed by atoms with Gasteiger partial charge in [0, 0.05) is 47.1 Å². The molecule has 5 aromatic rings. The van der Waals surface area contributed by atoms with Crippen molar-refractivity contribution in [2.45, 2.75) is 81.6 Å². The van der Waals surface area contributed by atoms with E-state index in [2.05, 4.69) is 31.6 Å². The molecule has 60 heavy (non-hydrogen) atoms. The number of H-pyrrole nitrogens is 1. The summed E-state index contributed by atoms with van der Waals surface area (Å²) in [6, 6.07) is 30.9. The van der Waals surface area contributed by atoms with Crippen LogP contribution in [0.2, 0.25) is 0 Å². The summed E-state index contributed by atoms with van der Waals surface area (Å²) in [7, 11) is 1.76. The molecule has 1 aliphatic carbocycles. The predicted molar refractivity (Wildman–Crippen MR) is 232 cm³/mol. The standard InChI is InChI=1S/C47H52N8O5/c1-48-41(31-12-4-2-5-13-31)45(58)54-26-10-19-40(54)44(57)50-36-24-25-37-33(28-36)29-38(52-37)30-20-22-35(23-21-30)49-43(56)39-18-11-27-55(39)46(59)42(32-14-6-3-7-15-32)53-47(60)51-34-16-8-9-17-34/h2-7,12-15,20-25,28-29,34,39-42,48,52H,8-11,16-19,26-27H2,1H3,(H,49,56)(H,50,57)(H2,51,53,60)/t39-,40-,41+,42+/m0/s1. The summed E-state index contributed by atoms with van der Waals surface area (Å²) in [6.07, 6.45) is 6.55. The molecule has 13 heteroatoms. The first kappa shape index (κ1) is 40.3. The molecular weight excluding hydrogens is 757 g/mol. The van der Waals surface area contributed by atoms with Gasteiger partial charge in [-0.3, -0.25) is 19.2 Å². The minimum Gasteiger partial charge on any atom is -0.355 e. The number of carbonyl (C=O) groups excluding carboxylic acids is 5. The molecule has 6 amide bonds. The third-order valence-corrected chi connectivity index (χ3v) is 12.0. The summed E-state index contributed by atoms with van der Waals surface area (Å²) < 4.78 is 0. The Morgan fingerprint density at radius 2 is 1.17 bits per heavy atom. The fourth-order valence-electron chi connectivity index (χ4n) is 8.93. The van der Waals surface area contributed by atoms with Gasteiger partial charge in [0.25, 0.3) is 5.91 Å². The Balaban J connectivity index is 0.895. The lowest BCUT2D eigenvalue weighted by Gasteiger charge is -2.29. The number of rotatable bonds is 12. The maximum atomic E-state index is 14.1. The molecule has 0 spiro atoms. The zero-order chi connectivity index (χ0) is 41.6. The molecule has 2 saturated heterocycles. The molecule has 3 heterocycles. The molecule has 6 N–H and O–H groups in total. The van der Waals surface area contributed by atoms with Gasteiger partial charge in [-0.25, -0.2) is 4.79 Å². The molecule has 2 aliphatic heterocycles. The van der Waals surface area contributed by atoms with Gasteiger partial charge in [-0.05, 0) is 98.7 Å². The molecule has 3 aliphatic rings. The van der Waals surface area contributed by atoms with Crippen molar-refractivity contribution in [3.63, 3.8) is 0 Å². The van der Waals surface area contributed by atoms with Crippen molar-refractivity contribution in [2.75, 3.05) is 30.8 Å². The lowest BCUT2D eigenvalue weighted by molar-refractivity contribution is -0.138. The van der Waals surface area contributed by atoms with Crippen LogP contribution < -0.4 is 26.6 Å². The first-order chi connectivity index (χ1) is 29.2. The van der Waals surface area contributed by atoms with Crippen molar-refractivity contribution in [3.8, 4) is 11.3 Å². The first-order valence-electron chi connectivity index (χ1n) is 21.1. The normalized spacial score (nSPS) is 18.9. The molecule has 1 aromatic heterocycles. The number of nitrogens with one attached hydrogen (secondary N) is 6. The molecular formula is C47H52N8O5. The molecule has 0 unspecified atom stereocenters. The minimum atomic E-state index is -0.922. The third-order valence-electron chi connectivity index (χ3n) is 12.0. The molecule has 0 bridgehead atoms. The van der Waals surface area contributed by atoms with Crippen LogP contribution in [0.25, 0.3) is 22.2 Å². The van der Waals surface area contributed by atoms with E-state index in [9.17, 15) is 24.0 Å². The van der Waals surface area contributed by atoms with E-state index in [-0.39, 0.29) is 35.7 Å². The smallest absolute Gasteiger partial charge is 0.315 e. The number of amides is 6. The number of fused-ring (bicyclic) bond motifs is 1. The van der Waals surface area contributed by atoms with Gasteiger partial charge < -0.3 is 41.4 Å². The van der Waals surface area contributed by atoms with Crippen molar-refractivity contribution < 1.29 is 24.0 Å². The lowest BCUT2D eigenvalue weighted by atomic mass is 10.0. The van der Waals surface area contributed by atoms with Crippen LogP contribution in [0, 0.1) is 0 Å². The molecule has 4 atom stereocenters. The van der Waals surface area contributed by atoms with Crippen LogP contribution in [0.3, 0.4) is 0 Å². The number of nitrogens with zero attached hydrogens (tertiary/aromatic N) is 2. The Labute approximate surface area is 349 Å². The minimum absolute atomic E-state index is 0.0999. The predicted octanol–water partition coefficient (Wildman–Crippen LogP) is 6.64. The number of carbonyl (C=O) groups is 5. The van der Waals surface area contributed by atoms with Crippen molar-refractivity contribution in [2.24, 2.45) is 0 Å². The number of hydrogen-bond donors (Lipinski definition) is 6. The summed E-state index contributed by atoms with van der Waals surface area (Å²) in [6.45, 7) is 0.944. The lowest BCUT2D eigenvalue weighted by Crippen LogP contribution is -2.51. The van der Waals surface area contributed by atoms with E-state index in [1.807, 2.05) is 109 Å². The van der Waals surface area contributed by atoms with Gasteiger partial charge in [-0.2, -0.15) is 0 Å². The number of aromatic nitrogens is 1. The van der Waals surface area contributed by atoms with E-state index in [0.29, 0.717) is 49.3 Å². The fourth-order valence-corrected chi connectivity index (χ4v) is 8.93. The number of urea groups is 1. The maximum Gasteiger partial charge on any atom is 0.315 e. The van der Waals surface area contributed by atoms with Gasteiger partial charge in [-0.15, -0.1) is 0 Å². The Kier molecular flexibility index (Phi) is 12.2. The second kappa shape index (κ2) is 18.2. The highest BCUT2D eigenvalue weighted by Crippen LogP contribution is 2.30. The van der Waals surface area contributed by atoms with Gasteiger partial charge in [0.1, 0.15) is 24.2 Å². The zero-order valence-corrected chi connectivity index (χ0v) is 33.8. The van der Waals surface area contributed by atoms with Crippen LogP contribution >= 0.6 is 0 Å². The topological polar surface area (TPSA) is 168 Å². The maximum absolute atomic E-state index is 14.1. The first-order valence-corrected chi connectivity index (χ1v) is 21.1. The molecule has 4 aromatic carbocycles. The second-order valence-corrected chi connectivity index (χ2v) is 16.0. The number of likely N-dealkylation sites (tertiary alicyclic amines) is 2. The van der Waals surface area contributed by atoms with Gasteiger partial charge in [0.15, 0.2) is 0 Å². The van der Waals surface area contributed by atoms with Crippen LogP contribution in [0.15, 0.2) is 109 Å². The van der Waals surface area contributed by atoms with Crippen molar-refractivity contribution >= 4 is 51.9 Å². The quantitative estimate of drug-likeness (QED) is 0.0827. The Morgan fingerprint density at radius 1 is 0.617 bits per heavy atom. The fraction of sp³-hybridized carbons (Fsp3) is 0.340. The highest BCUT2D eigenvalue weighted by Gasteiger charge is 2.39. The van der Waals surface area contributed by atoms with Gasteiger partial charge in [0.2, 0.25) is 17.7 Å². The Hall–Kier alpha value is -6.47. The summed E-state index contributed by atoms with van der Waals surface area (Å²) in [5.41, 5.74) is 5.41. The monoisotopic (exact) mass is 808 g/mol. The third kappa shape index (κ3) is 8.91. The van der Waals surface area contributed by atoms with E-state index in [1.165, 1.54) is 0 Å². The number of likely N-dealkylation sites (N-methyl/N-ethyl adjacent to an activating group) is 1. The van der Waals surface area contributed by atoms with Crippen molar-refractivity contribution in [3.05, 3.63) is 120 Å². The Morgan fingerprint density at radius 3 is 1.77 bits per heavy atom. The molecule has 3 fully saturated rings. The van der Waals surface area contributed by atoms with E-state index in [4.69, 9.17) is 0 Å². The number of benzene rings is 4. The van der Waals surface area contributed by atoms with Crippen LogP contribution in [0.4, 0.5) is 16.2 Å². The van der Waals surface area contributed by atoms with E-state index >= 15 is 0 Å². The van der Waals surface area contributed by atoms with Crippen LogP contribution in [-0.2, 0) is 19.2 Å². The average molecular weight is 809 g/mol. The molecule has 8 rings (SSSR count). The molecule has 0 radical (unpaired) electrons. The van der Waals surface area contributed by atoms with Crippen LogP contribution in [0.1, 0.15) is 74.6 Å². The number of aromatic amines is 1. The van der Waals surface area contributed by atoms with E-state index in [0.717, 1.165) is 59.8 Å². The van der Waals surface area contributed by atoms with E-state index in [1.54, 1.807) is 16.8 Å². The van der Waals surface area contributed by atoms with Crippen molar-refractivity contribution in [1.82, 2.24) is 30.7 Å². The van der Waals surface area contributed by atoms with Gasteiger partial charge in [-0.1, -0.05) is 85.6 Å². The van der Waals surface area contributed by atoms with E-state index < -0.39 is 24.2 Å². The summed E-state index contributed by atoms with van der Waals surface area (Å²) in [4.78, 5) is 74.7. The molecule has 13 nitrogen and oxygen atoms in total. The largest absolute Gasteiger partial charge is 0.355 e. The van der Waals surface area contributed by atoms with Gasteiger partial charge >= 0.3 is 6.03 Å². The number of anilines is 2. The van der Waals surface area contributed by atoms with Crippen LogP contribution in [-0.4, -0.2) is 82.7 Å². The number of hydrogen-bond acceptors (Lipinski definition) is 6. The van der Waals surface area contributed by atoms with Gasteiger partial charge in [0.05, 0.1) is 0 Å². The average Bonchev–Trinajstić information content (AvgIpc) is 4.12. The highest BCUT2D eigenvalue weighted by atomic mass is 16.2.